The molecule has 10 amide bonds. The normalized spacial score (nSPS) is 25.5. The predicted molar refractivity (Wildman–Crippen MR) is 362 cm³/mol. The smallest absolute Gasteiger partial charge is 0.305 e. The van der Waals surface area contributed by atoms with E-state index in [1.807, 2.05) is 24.3 Å². The van der Waals surface area contributed by atoms with Crippen molar-refractivity contribution in [1.29, 1.82) is 0 Å². The molecule has 0 radical (unpaired) electrons. The largest absolute Gasteiger partial charge is 0.508 e. The van der Waals surface area contributed by atoms with Crippen molar-refractivity contribution in [2.75, 3.05) is 31.1 Å². The Morgan fingerprint density at radius 2 is 1.42 bits per heavy atom. The third-order valence-corrected chi connectivity index (χ3v) is 19.6. The number of benzene rings is 3. The van der Waals surface area contributed by atoms with Crippen LogP contribution in [0.5, 0.6) is 5.75 Å². The van der Waals surface area contributed by atoms with Crippen LogP contribution < -0.4 is 59.3 Å². The lowest BCUT2D eigenvalue weighted by atomic mass is 9.87. The molecule has 5 aromatic rings. The molecule has 28 nitrogen and oxygen atoms in total. The van der Waals surface area contributed by atoms with E-state index in [1.165, 1.54) is 103 Å². The topological polar surface area (TPSA) is 436 Å². The summed E-state index contributed by atoms with van der Waals surface area (Å²) in [4.78, 5) is 168. The van der Waals surface area contributed by atoms with E-state index in [9.17, 15) is 57.4 Å². The van der Waals surface area contributed by atoms with Gasteiger partial charge < -0.3 is 84.4 Å². The van der Waals surface area contributed by atoms with E-state index in [0.29, 0.717) is 40.3 Å². The molecule has 3 aromatic carbocycles. The Morgan fingerprint density at radius 1 is 0.747 bits per heavy atom. The molecule has 2 bridgehead atoms. The lowest BCUT2D eigenvalue weighted by Gasteiger charge is -2.37. The number of carboxylic acids is 1. The minimum atomic E-state index is -2.04. The molecular weight excluding hydrogens is 1320 g/mol. The maximum atomic E-state index is 15.2. The number of hydrogen-bond acceptors (Lipinski definition) is 17. The number of allylic oxidation sites excluding steroid dienone is 2. The van der Waals surface area contributed by atoms with Crippen LogP contribution in [0.2, 0.25) is 0 Å². The van der Waals surface area contributed by atoms with Crippen LogP contribution in [0.3, 0.4) is 0 Å². The average Bonchev–Trinajstić information content (AvgIpc) is 1.69. The molecule has 526 valence electrons. The minimum Gasteiger partial charge on any atom is -0.508 e. The summed E-state index contributed by atoms with van der Waals surface area (Å²) < 4.78 is 29.8. The quantitative estimate of drug-likeness (QED) is 0.0776. The SMILES string of the molecule is C[C@@]12CCCN1C(=O)[C@H](Cc1ccc(O)cc1)NC(=O)[C@H](Cc1cnc[nH]1)NC(=O)[C@H](CC(=O)O)NC(=O)[C@H](Cc1c[nH]c3ccc(F)cc13)NC(=O)[C@H](CC1=CNC3C=CC(F)=CC13)NC(=O)CNC(=O)[C@H](CCN)NC(=O)CCSCc1cccc(c1)CSC[C@@H](C(N)=O)NC2=O. The molecule has 5 heterocycles. The number of aliphatic carboxylic acids is 1. The van der Waals surface area contributed by atoms with E-state index in [1.54, 1.807) is 12.3 Å². The van der Waals surface area contributed by atoms with Gasteiger partial charge in [-0.05, 0) is 116 Å². The van der Waals surface area contributed by atoms with Crippen LogP contribution in [0.15, 0.2) is 121 Å². The number of aromatic nitrogens is 3. The number of primary amides is 1. The van der Waals surface area contributed by atoms with Gasteiger partial charge in [-0.25, -0.2) is 13.8 Å². The fourth-order valence-corrected chi connectivity index (χ4v) is 14.0. The number of aromatic amines is 2. The first-order valence-corrected chi connectivity index (χ1v) is 34.4. The van der Waals surface area contributed by atoms with Gasteiger partial charge >= 0.3 is 5.97 Å². The second-order valence-electron chi connectivity index (χ2n) is 24.7. The lowest BCUT2D eigenvalue weighted by molar-refractivity contribution is -0.147. The van der Waals surface area contributed by atoms with Gasteiger partial charge in [-0.2, -0.15) is 23.5 Å². The number of fused-ring (bicyclic) bond motifs is 5. The number of rotatable bonds is 13. The second-order valence-corrected chi connectivity index (χ2v) is 26.9. The second kappa shape index (κ2) is 33.9. The number of aromatic hydroxyl groups is 1. The number of thioether (sulfide) groups is 2. The number of carbonyl (C=O) groups is 11. The number of nitrogens with one attached hydrogen (secondary N) is 11. The Morgan fingerprint density at radius 3 is 2.12 bits per heavy atom. The fourth-order valence-electron chi connectivity index (χ4n) is 12.1. The first kappa shape index (κ1) is 73.2. The number of imidazole rings is 1. The number of hydrogen-bond donors (Lipinski definition) is 15. The summed E-state index contributed by atoms with van der Waals surface area (Å²) in [6, 6.07) is 5.61. The van der Waals surface area contributed by atoms with Crippen LogP contribution >= 0.6 is 23.5 Å². The van der Waals surface area contributed by atoms with Crippen LogP contribution in [-0.2, 0) is 83.5 Å². The van der Waals surface area contributed by atoms with Gasteiger partial charge in [0.1, 0.15) is 65.2 Å². The highest BCUT2D eigenvalue weighted by Crippen LogP contribution is 2.34. The van der Waals surface area contributed by atoms with Crippen molar-refractivity contribution in [1.82, 2.24) is 67.7 Å². The number of carbonyl (C=O) groups excluding carboxylic acids is 10. The number of phenols is 1. The van der Waals surface area contributed by atoms with Crippen molar-refractivity contribution in [3.8, 4) is 5.75 Å². The van der Waals surface area contributed by atoms with E-state index < -0.39 is 156 Å². The molecule has 2 aromatic heterocycles. The summed E-state index contributed by atoms with van der Waals surface area (Å²) in [6.07, 6.45) is 7.59. The maximum absolute atomic E-state index is 15.2. The Kier molecular flexibility index (Phi) is 25.1. The van der Waals surface area contributed by atoms with Crippen molar-refractivity contribution >= 4 is 99.5 Å². The Labute approximate surface area is 575 Å². The molecule has 1 aliphatic carbocycles. The monoisotopic (exact) mass is 1400 g/mol. The first-order chi connectivity index (χ1) is 47.4. The number of carboxylic acid groups (broad SMARTS) is 1. The van der Waals surface area contributed by atoms with Crippen LogP contribution in [-0.4, -0.2) is 180 Å². The molecule has 99 heavy (non-hydrogen) atoms. The van der Waals surface area contributed by atoms with Crippen molar-refractivity contribution in [3.63, 3.8) is 0 Å². The van der Waals surface area contributed by atoms with Crippen molar-refractivity contribution < 1.29 is 71.7 Å². The Bertz CT molecular complexity index is 3930. The number of phenolic OH excluding ortho intramolecular Hbond substituents is 1. The van der Waals surface area contributed by atoms with Crippen LogP contribution in [0, 0.1) is 11.7 Å². The molecular formula is C67H79F2N15O13S2. The van der Waals surface area contributed by atoms with E-state index in [0.717, 1.165) is 17.2 Å². The molecule has 10 atom stereocenters. The number of halogens is 2. The molecule has 1 fully saturated rings. The molecule has 17 N–H and O–H groups in total. The highest BCUT2D eigenvalue weighted by molar-refractivity contribution is 7.98. The minimum absolute atomic E-state index is 0.00774. The highest BCUT2D eigenvalue weighted by atomic mass is 32.2. The molecule has 4 aliphatic rings. The van der Waals surface area contributed by atoms with Crippen LogP contribution in [0.25, 0.3) is 10.9 Å². The Balaban J connectivity index is 1.05. The molecule has 9 rings (SSSR count). The van der Waals surface area contributed by atoms with Gasteiger partial charge in [0.2, 0.25) is 59.1 Å². The third kappa shape index (κ3) is 19.8. The summed E-state index contributed by atoms with van der Waals surface area (Å²) >= 11 is 2.77. The van der Waals surface area contributed by atoms with E-state index in [-0.39, 0.29) is 79.8 Å². The summed E-state index contributed by atoms with van der Waals surface area (Å²) in [7, 11) is 0. The average molecular weight is 1400 g/mol. The van der Waals surface area contributed by atoms with Gasteiger partial charge in [0, 0.05) is 90.1 Å². The van der Waals surface area contributed by atoms with Crippen molar-refractivity contribution in [2.45, 2.75) is 130 Å². The van der Waals surface area contributed by atoms with E-state index in [2.05, 4.69) is 62.8 Å². The fraction of sp³-hybridized carbons (Fsp3) is 0.403. The number of nitrogens with two attached hydrogens (primary N) is 2. The Hall–Kier alpha value is -10.1. The van der Waals surface area contributed by atoms with E-state index in [4.69, 9.17) is 11.5 Å². The summed E-state index contributed by atoms with van der Waals surface area (Å²) in [5.74, 6) is -11.4. The van der Waals surface area contributed by atoms with Crippen molar-refractivity contribution in [3.05, 3.63) is 155 Å². The van der Waals surface area contributed by atoms with Gasteiger partial charge in [0.15, 0.2) is 0 Å². The lowest BCUT2D eigenvalue weighted by Crippen LogP contribution is -2.63. The summed E-state index contributed by atoms with van der Waals surface area (Å²) in [6.45, 7) is 0.744. The molecule has 1 saturated heterocycles. The number of amides is 10. The van der Waals surface area contributed by atoms with Gasteiger partial charge in [-0.1, -0.05) is 42.5 Å². The zero-order valence-corrected chi connectivity index (χ0v) is 55.5. The van der Waals surface area contributed by atoms with Gasteiger partial charge in [0.25, 0.3) is 0 Å². The zero-order valence-electron chi connectivity index (χ0n) is 53.9. The molecule has 0 spiro atoms. The van der Waals surface area contributed by atoms with Gasteiger partial charge in [-0.15, -0.1) is 0 Å². The third-order valence-electron chi connectivity index (χ3n) is 17.4. The first-order valence-electron chi connectivity index (χ1n) is 32.1. The highest BCUT2D eigenvalue weighted by Gasteiger charge is 2.49. The molecule has 3 aliphatic heterocycles. The zero-order chi connectivity index (χ0) is 70.9. The van der Waals surface area contributed by atoms with E-state index >= 15 is 14.4 Å². The predicted octanol–water partition coefficient (Wildman–Crippen LogP) is 0.819. The summed E-state index contributed by atoms with van der Waals surface area (Å²) in [5, 5.41) is 44.7. The maximum Gasteiger partial charge on any atom is 0.305 e. The number of H-pyrrole nitrogens is 2. The molecule has 2 unspecified atom stereocenters. The van der Waals surface area contributed by atoms with Gasteiger partial charge in [-0.3, -0.25) is 52.7 Å². The van der Waals surface area contributed by atoms with Gasteiger partial charge in [0.05, 0.1) is 25.3 Å². The number of nitrogens with zero attached hydrogens (tertiary/aromatic N) is 2. The van der Waals surface area contributed by atoms with Crippen LogP contribution in [0.4, 0.5) is 8.78 Å². The molecule has 0 saturated carbocycles. The summed E-state index contributed by atoms with van der Waals surface area (Å²) in [5.41, 5.74) is 13.7. The van der Waals surface area contributed by atoms with Crippen molar-refractivity contribution in [2.24, 2.45) is 17.4 Å². The van der Waals surface area contributed by atoms with Crippen LogP contribution in [0.1, 0.15) is 73.4 Å². The standard InChI is InChI=1S/C67H79F2N15O13S2/c1-67-16-3-18-84(67)65(96)54(21-36-6-10-44(85)11-7-36)82-63(94)52(26-43-30-72-35-76-43)80-64(95)53(27-58(88)89)81-62(93)51(23-40-29-74-48-13-9-42(69)25-46(40)48)79-61(92)50(22-39-28-73-47-12-8-41(68)24-45(39)47)78-57(87)31-75-60(91)49(14-17-70)77-56(86)15-19-98-32-37-4-2-5-38(20-37)33-99-34-55(59(71)90)83-66(67)97/h2,4-13,20,24-25,28-30,35,45,47,49-55,73-74,85H,3,14-19,21-23,26-27,31-34,70H2,1H3,(H2,71,90)(H,72,76)(H,75,91)(H,77,86)(H,78,87)(H,79,92)(H,80,95)(H,81,93)(H,82,94)(H,83,97)(H,88,89)/t45?,47?,49-,50-,51-,52-,53-,54-,55-,67-/m0/s1. The molecule has 32 heteroatoms.